The SMILES string of the molecule is N#Cc1nc(-c2ccccc2)oc1NCCC(=O)NCCCn1ccnc1. The van der Waals surface area contributed by atoms with E-state index in [4.69, 9.17) is 4.42 Å². The summed E-state index contributed by atoms with van der Waals surface area (Å²) < 4.78 is 7.59. The molecule has 2 aromatic heterocycles. The highest BCUT2D eigenvalue weighted by molar-refractivity contribution is 5.76. The van der Waals surface area contributed by atoms with Crippen molar-refractivity contribution in [1.82, 2.24) is 19.9 Å². The number of carbonyl (C=O) groups excluding carboxylic acids is 1. The lowest BCUT2D eigenvalue weighted by Gasteiger charge is -2.06. The summed E-state index contributed by atoms with van der Waals surface area (Å²) in [6.45, 7) is 1.76. The maximum absolute atomic E-state index is 11.9. The number of rotatable bonds is 9. The number of benzene rings is 1. The van der Waals surface area contributed by atoms with E-state index >= 15 is 0 Å². The van der Waals surface area contributed by atoms with E-state index < -0.39 is 0 Å². The molecule has 2 N–H and O–H groups in total. The molecule has 0 aliphatic heterocycles. The van der Waals surface area contributed by atoms with Crippen molar-refractivity contribution >= 4 is 11.8 Å². The lowest BCUT2D eigenvalue weighted by Crippen LogP contribution is -2.26. The fourth-order valence-corrected chi connectivity index (χ4v) is 2.51. The number of nitrogens with one attached hydrogen (secondary N) is 2. The van der Waals surface area contributed by atoms with Crippen molar-refractivity contribution in [3.05, 3.63) is 54.7 Å². The molecule has 0 radical (unpaired) electrons. The van der Waals surface area contributed by atoms with Crippen molar-refractivity contribution in [2.45, 2.75) is 19.4 Å². The van der Waals surface area contributed by atoms with Crippen molar-refractivity contribution < 1.29 is 9.21 Å². The van der Waals surface area contributed by atoms with Gasteiger partial charge >= 0.3 is 0 Å². The van der Waals surface area contributed by atoms with Crippen molar-refractivity contribution in [1.29, 1.82) is 5.26 Å². The van der Waals surface area contributed by atoms with Crippen LogP contribution in [0.25, 0.3) is 11.5 Å². The Labute approximate surface area is 156 Å². The number of aromatic nitrogens is 3. The van der Waals surface area contributed by atoms with Crippen molar-refractivity contribution in [2.24, 2.45) is 0 Å². The second-order valence-corrected chi connectivity index (χ2v) is 5.86. The minimum absolute atomic E-state index is 0.0607. The standard InChI is InChI=1S/C19H20N6O2/c20-13-16-19(27-18(24-16)15-5-2-1-3-6-15)23-9-7-17(26)22-8-4-11-25-12-10-21-14-25/h1-3,5-6,10,12,14,23H,4,7-9,11H2,(H,22,26). The lowest BCUT2D eigenvalue weighted by atomic mass is 10.2. The molecule has 0 aliphatic carbocycles. The zero-order valence-electron chi connectivity index (χ0n) is 14.8. The number of hydrogen-bond acceptors (Lipinski definition) is 6. The van der Waals surface area contributed by atoms with Crippen LogP contribution in [0, 0.1) is 11.3 Å². The Morgan fingerprint density at radius 2 is 2.11 bits per heavy atom. The molecule has 3 aromatic rings. The van der Waals surface area contributed by atoms with Crippen molar-refractivity contribution in [2.75, 3.05) is 18.4 Å². The zero-order chi connectivity index (χ0) is 18.9. The molecule has 1 aromatic carbocycles. The third-order valence-electron chi connectivity index (χ3n) is 3.87. The Bertz CT molecular complexity index is 896. The second kappa shape index (κ2) is 9.20. The number of amides is 1. The van der Waals surface area contributed by atoms with Gasteiger partial charge in [-0.3, -0.25) is 4.79 Å². The molecule has 0 bridgehead atoms. The van der Waals surface area contributed by atoms with Gasteiger partial charge in [0.2, 0.25) is 23.4 Å². The third kappa shape index (κ3) is 5.19. The van der Waals surface area contributed by atoms with Gasteiger partial charge in [0.25, 0.3) is 0 Å². The summed E-state index contributed by atoms with van der Waals surface area (Å²) in [6, 6.07) is 11.3. The molecule has 0 spiro atoms. The first-order valence-corrected chi connectivity index (χ1v) is 8.69. The van der Waals surface area contributed by atoms with Gasteiger partial charge in [0.1, 0.15) is 6.07 Å². The molecule has 3 rings (SSSR count). The van der Waals surface area contributed by atoms with Gasteiger partial charge < -0.3 is 19.6 Å². The van der Waals surface area contributed by atoms with E-state index in [9.17, 15) is 10.1 Å². The molecule has 138 valence electrons. The van der Waals surface area contributed by atoms with E-state index in [2.05, 4.69) is 20.6 Å². The van der Waals surface area contributed by atoms with Crippen LogP contribution in [0.4, 0.5) is 5.88 Å². The summed E-state index contributed by atoms with van der Waals surface area (Å²) in [6.07, 6.45) is 6.47. The topological polar surface area (TPSA) is 109 Å². The van der Waals surface area contributed by atoms with Crippen LogP contribution in [-0.4, -0.2) is 33.5 Å². The summed E-state index contributed by atoms with van der Waals surface area (Å²) in [5.41, 5.74) is 0.965. The monoisotopic (exact) mass is 364 g/mol. The average Bonchev–Trinajstić information content (AvgIpc) is 3.36. The molecule has 8 heteroatoms. The highest BCUT2D eigenvalue weighted by Gasteiger charge is 2.14. The zero-order valence-corrected chi connectivity index (χ0v) is 14.8. The predicted octanol–water partition coefficient (Wildman–Crippen LogP) is 2.42. The first-order chi connectivity index (χ1) is 13.3. The summed E-state index contributed by atoms with van der Waals surface area (Å²) in [5.74, 6) is 0.595. The van der Waals surface area contributed by atoms with Crippen LogP contribution >= 0.6 is 0 Å². The minimum Gasteiger partial charge on any atom is -0.419 e. The summed E-state index contributed by atoms with van der Waals surface area (Å²) in [7, 11) is 0. The van der Waals surface area contributed by atoms with Gasteiger partial charge in [0, 0.05) is 44.0 Å². The Kier molecular flexibility index (Phi) is 6.20. The molecule has 0 atom stereocenters. The fourth-order valence-electron chi connectivity index (χ4n) is 2.51. The van der Waals surface area contributed by atoms with E-state index in [0.717, 1.165) is 18.5 Å². The van der Waals surface area contributed by atoms with E-state index in [1.165, 1.54) is 0 Å². The van der Waals surface area contributed by atoms with Crippen LogP contribution < -0.4 is 10.6 Å². The van der Waals surface area contributed by atoms with Crippen LogP contribution in [0.2, 0.25) is 0 Å². The third-order valence-corrected chi connectivity index (χ3v) is 3.87. The number of nitriles is 1. The number of nitrogens with zero attached hydrogens (tertiary/aromatic N) is 4. The van der Waals surface area contributed by atoms with Crippen LogP contribution in [0.1, 0.15) is 18.5 Å². The highest BCUT2D eigenvalue weighted by atomic mass is 16.4. The van der Waals surface area contributed by atoms with Crippen LogP contribution in [-0.2, 0) is 11.3 Å². The summed E-state index contributed by atoms with van der Waals surface area (Å²) in [4.78, 5) is 20.0. The molecule has 0 saturated heterocycles. The lowest BCUT2D eigenvalue weighted by molar-refractivity contribution is -0.120. The number of imidazole rings is 1. The predicted molar refractivity (Wildman–Crippen MR) is 99.6 cm³/mol. The first-order valence-electron chi connectivity index (χ1n) is 8.69. The molecule has 0 fully saturated rings. The Morgan fingerprint density at radius 1 is 1.26 bits per heavy atom. The van der Waals surface area contributed by atoms with Crippen LogP contribution in [0.3, 0.4) is 0 Å². The number of aryl methyl sites for hydroxylation is 1. The number of anilines is 1. The molecule has 0 unspecified atom stereocenters. The maximum atomic E-state index is 11.9. The van der Waals surface area contributed by atoms with E-state index in [-0.39, 0.29) is 23.9 Å². The molecule has 0 aliphatic rings. The number of carbonyl (C=O) groups is 1. The Hall–Kier alpha value is -3.60. The van der Waals surface area contributed by atoms with Gasteiger partial charge in [0.15, 0.2) is 0 Å². The van der Waals surface area contributed by atoms with Gasteiger partial charge in [-0.25, -0.2) is 4.98 Å². The molecular formula is C19H20N6O2. The van der Waals surface area contributed by atoms with Crippen molar-refractivity contribution in [3.63, 3.8) is 0 Å². The minimum atomic E-state index is -0.0607. The number of hydrogen-bond donors (Lipinski definition) is 2. The van der Waals surface area contributed by atoms with E-state index in [1.54, 1.807) is 12.5 Å². The number of oxazole rings is 1. The summed E-state index contributed by atoms with van der Waals surface area (Å²) >= 11 is 0. The van der Waals surface area contributed by atoms with Gasteiger partial charge in [0.05, 0.1) is 6.33 Å². The van der Waals surface area contributed by atoms with E-state index in [0.29, 0.717) is 19.0 Å². The van der Waals surface area contributed by atoms with Crippen LogP contribution in [0.15, 0.2) is 53.5 Å². The second-order valence-electron chi connectivity index (χ2n) is 5.86. The summed E-state index contributed by atoms with van der Waals surface area (Å²) in [5, 5.41) is 15.1. The first kappa shape index (κ1) is 18.2. The van der Waals surface area contributed by atoms with Crippen molar-refractivity contribution in [3.8, 4) is 17.5 Å². The van der Waals surface area contributed by atoms with Gasteiger partial charge in [-0.05, 0) is 18.6 Å². The van der Waals surface area contributed by atoms with Gasteiger partial charge in [-0.15, -0.1) is 0 Å². The molecule has 2 heterocycles. The normalized spacial score (nSPS) is 10.3. The fraction of sp³-hybridized carbons (Fsp3) is 0.263. The molecule has 8 nitrogen and oxygen atoms in total. The average molecular weight is 364 g/mol. The Balaban J connectivity index is 1.42. The molecule has 27 heavy (non-hydrogen) atoms. The largest absolute Gasteiger partial charge is 0.419 e. The van der Waals surface area contributed by atoms with Crippen LogP contribution in [0.5, 0.6) is 0 Å². The highest BCUT2D eigenvalue weighted by Crippen LogP contribution is 2.24. The van der Waals surface area contributed by atoms with Gasteiger partial charge in [-0.1, -0.05) is 18.2 Å². The maximum Gasteiger partial charge on any atom is 0.232 e. The quantitative estimate of drug-likeness (QED) is 0.565. The Morgan fingerprint density at radius 3 is 2.85 bits per heavy atom. The smallest absolute Gasteiger partial charge is 0.232 e. The van der Waals surface area contributed by atoms with Gasteiger partial charge in [-0.2, -0.15) is 10.2 Å². The molecule has 0 saturated carbocycles. The van der Waals surface area contributed by atoms with E-state index in [1.807, 2.05) is 47.2 Å². The molecule has 1 amide bonds. The molecular weight excluding hydrogens is 344 g/mol.